The minimum absolute atomic E-state index is 0.210. The fourth-order valence-corrected chi connectivity index (χ4v) is 1.93. The van der Waals surface area contributed by atoms with Crippen LogP contribution in [0.3, 0.4) is 0 Å². The second-order valence-corrected chi connectivity index (χ2v) is 5.42. The molecule has 0 heterocycles. The lowest BCUT2D eigenvalue weighted by molar-refractivity contribution is 0.136. The van der Waals surface area contributed by atoms with E-state index in [1.165, 1.54) is 38.5 Å². The van der Waals surface area contributed by atoms with Gasteiger partial charge in [-0.05, 0) is 25.2 Å². The topological polar surface area (TPSA) is 20.2 Å². The zero-order valence-corrected chi connectivity index (χ0v) is 9.89. The van der Waals surface area contributed by atoms with Crippen molar-refractivity contribution >= 4 is 0 Å². The summed E-state index contributed by atoms with van der Waals surface area (Å²) in [6, 6.07) is 0. The number of unbranched alkanes of at least 4 members (excludes halogenated alkanes) is 4. The lowest BCUT2D eigenvalue weighted by atomic mass is 10.0. The molecule has 0 aromatic heterocycles. The maximum atomic E-state index is 9.60. The first kappa shape index (κ1) is 12.0. The number of hydrogen-bond acceptors (Lipinski definition) is 1. The normalized spacial score (nSPS) is 18.9. The number of rotatable bonds is 8. The Labute approximate surface area is 88.9 Å². The molecule has 0 bridgehead atoms. The molecule has 1 N–H and O–H groups in total. The Hall–Kier alpha value is -0.0400. The summed E-state index contributed by atoms with van der Waals surface area (Å²) in [7, 11) is 0. The van der Waals surface area contributed by atoms with Gasteiger partial charge in [0.1, 0.15) is 0 Å². The molecule has 14 heavy (non-hydrogen) atoms. The van der Waals surface area contributed by atoms with Gasteiger partial charge in [-0.25, -0.2) is 0 Å². The van der Waals surface area contributed by atoms with Gasteiger partial charge in [-0.2, -0.15) is 0 Å². The van der Waals surface area contributed by atoms with Crippen LogP contribution in [0.25, 0.3) is 0 Å². The minimum atomic E-state index is -0.210. The maximum Gasteiger partial charge on any atom is 0.0650 e. The highest BCUT2D eigenvalue weighted by Gasteiger charge is 2.38. The van der Waals surface area contributed by atoms with Crippen LogP contribution in [0.2, 0.25) is 0 Å². The molecule has 1 aliphatic rings. The van der Waals surface area contributed by atoms with Crippen molar-refractivity contribution in [3.05, 3.63) is 0 Å². The fraction of sp³-hybridized carbons (Fsp3) is 1.00. The third-order valence-electron chi connectivity index (χ3n) is 3.25. The van der Waals surface area contributed by atoms with E-state index >= 15 is 0 Å². The van der Waals surface area contributed by atoms with E-state index in [0.29, 0.717) is 0 Å². The molecule has 0 aliphatic heterocycles. The molecule has 84 valence electrons. The molecule has 1 saturated carbocycles. The summed E-state index contributed by atoms with van der Waals surface area (Å²) < 4.78 is 0. The molecule has 0 amide bonds. The summed E-state index contributed by atoms with van der Waals surface area (Å²) in [5, 5.41) is 9.60. The van der Waals surface area contributed by atoms with Crippen LogP contribution in [-0.2, 0) is 0 Å². The van der Waals surface area contributed by atoms with Crippen molar-refractivity contribution in [1.82, 2.24) is 0 Å². The number of aliphatic hydroxyl groups is 1. The van der Waals surface area contributed by atoms with E-state index in [1.54, 1.807) is 0 Å². The van der Waals surface area contributed by atoms with E-state index in [2.05, 4.69) is 13.8 Å². The van der Waals surface area contributed by atoms with Crippen molar-refractivity contribution in [3.63, 3.8) is 0 Å². The quantitative estimate of drug-likeness (QED) is 0.586. The van der Waals surface area contributed by atoms with E-state index < -0.39 is 0 Å². The Balaban J connectivity index is 1.76. The molecule has 0 unspecified atom stereocenters. The van der Waals surface area contributed by atoms with Crippen LogP contribution in [0.4, 0.5) is 0 Å². The molecule has 1 aliphatic carbocycles. The highest BCUT2D eigenvalue weighted by atomic mass is 16.3. The van der Waals surface area contributed by atoms with Gasteiger partial charge in [0.2, 0.25) is 0 Å². The molecule has 1 fully saturated rings. The molecule has 0 saturated heterocycles. The molecule has 1 heteroatoms. The monoisotopic (exact) mass is 198 g/mol. The average molecular weight is 198 g/mol. The third kappa shape index (κ3) is 5.64. The standard InChI is InChI=1S/C13H26O/c1-12(2)8-6-4-3-5-7-9-13(14)10-11-13/h12,14H,3-11H2,1-2H3. The minimum Gasteiger partial charge on any atom is -0.390 e. The molecule has 1 nitrogen and oxygen atoms in total. The predicted molar refractivity (Wildman–Crippen MR) is 61.3 cm³/mol. The first-order valence-electron chi connectivity index (χ1n) is 6.35. The van der Waals surface area contributed by atoms with E-state index in [1.807, 2.05) is 0 Å². The van der Waals surface area contributed by atoms with Crippen LogP contribution < -0.4 is 0 Å². The summed E-state index contributed by atoms with van der Waals surface area (Å²) in [5.74, 6) is 0.863. The van der Waals surface area contributed by atoms with E-state index in [-0.39, 0.29) is 5.60 Å². The van der Waals surface area contributed by atoms with Crippen molar-refractivity contribution < 1.29 is 5.11 Å². The molecule has 0 radical (unpaired) electrons. The van der Waals surface area contributed by atoms with E-state index in [9.17, 15) is 5.11 Å². The van der Waals surface area contributed by atoms with Gasteiger partial charge in [-0.1, -0.05) is 52.4 Å². The smallest absolute Gasteiger partial charge is 0.0650 e. The summed E-state index contributed by atoms with van der Waals surface area (Å²) in [5.41, 5.74) is -0.210. The molecular weight excluding hydrogens is 172 g/mol. The van der Waals surface area contributed by atoms with Crippen molar-refractivity contribution in [2.75, 3.05) is 0 Å². The van der Waals surface area contributed by atoms with Crippen molar-refractivity contribution in [2.45, 2.75) is 77.2 Å². The van der Waals surface area contributed by atoms with Crippen molar-refractivity contribution in [1.29, 1.82) is 0 Å². The molecular formula is C13H26O. The highest BCUT2D eigenvalue weighted by Crippen LogP contribution is 2.39. The lowest BCUT2D eigenvalue weighted by Crippen LogP contribution is -2.05. The number of hydrogen-bond donors (Lipinski definition) is 1. The van der Waals surface area contributed by atoms with Gasteiger partial charge in [-0.15, -0.1) is 0 Å². The Morgan fingerprint density at radius 2 is 1.57 bits per heavy atom. The summed E-state index contributed by atoms with van der Waals surface area (Å²) in [4.78, 5) is 0. The first-order chi connectivity index (χ1) is 6.62. The second kappa shape index (κ2) is 5.75. The maximum absolute atomic E-state index is 9.60. The Morgan fingerprint density at radius 1 is 1.00 bits per heavy atom. The zero-order chi connectivity index (χ0) is 10.4. The van der Waals surface area contributed by atoms with Gasteiger partial charge in [0.15, 0.2) is 0 Å². The molecule has 0 atom stereocenters. The summed E-state index contributed by atoms with van der Waals surface area (Å²) in [6.07, 6.45) is 11.2. The fourth-order valence-electron chi connectivity index (χ4n) is 1.93. The zero-order valence-electron chi connectivity index (χ0n) is 9.89. The van der Waals surface area contributed by atoms with E-state index in [4.69, 9.17) is 0 Å². The van der Waals surface area contributed by atoms with Gasteiger partial charge in [0.05, 0.1) is 5.60 Å². The van der Waals surface area contributed by atoms with Crippen LogP contribution >= 0.6 is 0 Å². The van der Waals surface area contributed by atoms with Gasteiger partial charge >= 0.3 is 0 Å². The van der Waals surface area contributed by atoms with Gasteiger partial charge in [0.25, 0.3) is 0 Å². The van der Waals surface area contributed by atoms with Crippen LogP contribution in [0.1, 0.15) is 71.6 Å². The lowest BCUT2D eigenvalue weighted by Gasteiger charge is -2.07. The molecule has 0 aromatic carbocycles. The highest BCUT2D eigenvalue weighted by molar-refractivity contribution is 4.92. The predicted octanol–water partition coefficient (Wildman–Crippen LogP) is 3.90. The van der Waals surface area contributed by atoms with Crippen LogP contribution in [0.5, 0.6) is 0 Å². The molecule has 0 spiro atoms. The Morgan fingerprint density at radius 3 is 2.14 bits per heavy atom. The molecule has 1 rings (SSSR count). The van der Waals surface area contributed by atoms with Gasteiger partial charge in [0, 0.05) is 0 Å². The summed E-state index contributed by atoms with van der Waals surface area (Å²) >= 11 is 0. The molecule has 0 aromatic rings. The largest absolute Gasteiger partial charge is 0.390 e. The van der Waals surface area contributed by atoms with Gasteiger partial charge < -0.3 is 5.11 Å². The van der Waals surface area contributed by atoms with E-state index in [0.717, 1.165) is 25.2 Å². The second-order valence-electron chi connectivity index (χ2n) is 5.42. The van der Waals surface area contributed by atoms with Crippen LogP contribution in [0.15, 0.2) is 0 Å². The van der Waals surface area contributed by atoms with Crippen molar-refractivity contribution in [2.24, 2.45) is 5.92 Å². The average Bonchev–Trinajstić information content (AvgIpc) is 2.82. The summed E-state index contributed by atoms with van der Waals surface area (Å²) in [6.45, 7) is 4.59. The van der Waals surface area contributed by atoms with Crippen molar-refractivity contribution in [3.8, 4) is 0 Å². The van der Waals surface area contributed by atoms with Crippen LogP contribution in [-0.4, -0.2) is 10.7 Å². The van der Waals surface area contributed by atoms with Crippen LogP contribution in [0, 0.1) is 5.92 Å². The first-order valence-corrected chi connectivity index (χ1v) is 6.35. The van der Waals surface area contributed by atoms with Gasteiger partial charge in [-0.3, -0.25) is 0 Å². The SMILES string of the molecule is CC(C)CCCCCCCC1(O)CC1. The Bertz CT molecular complexity index is 147. The Kier molecular flexibility index (Phi) is 4.94. The third-order valence-corrected chi connectivity index (χ3v) is 3.25.